The average molecular weight is 206 g/mol. The molecule has 0 amide bonds. The fraction of sp³-hybridized carbons (Fsp3) is 0.182. The summed E-state index contributed by atoms with van der Waals surface area (Å²) in [5, 5.41) is 8.66. The van der Waals surface area contributed by atoms with Crippen molar-refractivity contribution in [3.8, 4) is 11.8 Å². The Kier molecular flexibility index (Phi) is 4.09. The second kappa shape index (κ2) is 5.36. The number of thioether (sulfide) groups is 1. The number of carboxylic acids is 1. The third kappa shape index (κ3) is 3.15. The maximum absolute atomic E-state index is 10.5. The monoisotopic (exact) mass is 206 g/mol. The molecular formula is C11H10O2S. The van der Waals surface area contributed by atoms with Gasteiger partial charge in [-0.3, -0.25) is 0 Å². The highest BCUT2D eigenvalue weighted by Gasteiger charge is 2.00. The molecule has 0 unspecified atom stereocenters. The first-order valence-electron chi connectivity index (χ1n) is 4.10. The second-order valence-corrected chi connectivity index (χ2v) is 3.59. The van der Waals surface area contributed by atoms with Crippen molar-refractivity contribution in [2.45, 2.75) is 11.8 Å². The standard InChI is InChI=1S/C11H10O2S/c1-2-3-8-14-10-6-4-9(5-7-10)11(12)13/h4-7H,8H2,1H3,(H,12,13). The molecule has 0 aromatic heterocycles. The number of hydrogen-bond donors (Lipinski definition) is 1. The molecule has 14 heavy (non-hydrogen) atoms. The van der Waals surface area contributed by atoms with E-state index in [1.165, 1.54) is 0 Å². The van der Waals surface area contributed by atoms with Crippen LogP contribution in [0.5, 0.6) is 0 Å². The van der Waals surface area contributed by atoms with E-state index in [1.54, 1.807) is 43.0 Å². The summed E-state index contributed by atoms with van der Waals surface area (Å²) in [5.74, 6) is 5.58. The van der Waals surface area contributed by atoms with E-state index in [0.717, 1.165) is 10.6 Å². The molecule has 0 saturated carbocycles. The van der Waals surface area contributed by atoms with E-state index in [9.17, 15) is 4.79 Å². The largest absolute Gasteiger partial charge is 0.478 e. The summed E-state index contributed by atoms with van der Waals surface area (Å²) in [6.45, 7) is 1.80. The van der Waals surface area contributed by atoms with Crippen molar-refractivity contribution in [3.63, 3.8) is 0 Å². The summed E-state index contributed by atoms with van der Waals surface area (Å²) in [6, 6.07) is 6.80. The van der Waals surface area contributed by atoms with Gasteiger partial charge in [-0.15, -0.1) is 17.7 Å². The topological polar surface area (TPSA) is 37.3 Å². The number of aromatic carboxylic acids is 1. The zero-order valence-corrected chi connectivity index (χ0v) is 8.60. The fourth-order valence-corrected chi connectivity index (χ4v) is 1.60. The number of carbonyl (C=O) groups is 1. The van der Waals surface area contributed by atoms with Crippen molar-refractivity contribution in [3.05, 3.63) is 29.8 Å². The molecule has 0 bridgehead atoms. The zero-order valence-electron chi connectivity index (χ0n) is 7.78. The van der Waals surface area contributed by atoms with Gasteiger partial charge in [0.1, 0.15) is 0 Å². The molecule has 1 N–H and O–H groups in total. The van der Waals surface area contributed by atoms with Crippen molar-refractivity contribution < 1.29 is 9.90 Å². The predicted octanol–water partition coefficient (Wildman–Crippen LogP) is 2.50. The first kappa shape index (κ1) is 10.7. The smallest absolute Gasteiger partial charge is 0.335 e. The molecule has 72 valence electrons. The third-order valence-electron chi connectivity index (χ3n) is 1.59. The third-order valence-corrected chi connectivity index (χ3v) is 2.48. The maximum Gasteiger partial charge on any atom is 0.335 e. The summed E-state index contributed by atoms with van der Waals surface area (Å²) in [5.41, 5.74) is 0.316. The zero-order chi connectivity index (χ0) is 10.4. The van der Waals surface area contributed by atoms with Gasteiger partial charge < -0.3 is 5.11 Å². The SMILES string of the molecule is CC#CCSc1ccc(C(=O)O)cc1. The van der Waals surface area contributed by atoms with E-state index in [-0.39, 0.29) is 0 Å². The quantitative estimate of drug-likeness (QED) is 0.610. The lowest BCUT2D eigenvalue weighted by Crippen LogP contribution is -1.94. The number of benzene rings is 1. The van der Waals surface area contributed by atoms with Gasteiger partial charge in [0, 0.05) is 4.90 Å². The van der Waals surface area contributed by atoms with Gasteiger partial charge in [0.2, 0.25) is 0 Å². The highest BCUT2D eigenvalue weighted by atomic mass is 32.2. The molecule has 1 rings (SSSR count). The molecule has 0 spiro atoms. The lowest BCUT2D eigenvalue weighted by molar-refractivity contribution is 0.0697. The van der Waals surface area contributed by atoms with Crippen molar-refractivity contribution in [1.29, 1.82) is 0 Å². The number of carboxylic acid groups (broad SMARTS) is 1. The second-order valence-electron chi connectivity index (χ2n) is 2.54. The van der Waals surface area contributed by atoms with Crippen LogP contribution < -0.4 is 0 Å². The van der Waals surface area contributed by atoms with Gasteiger partial charge in [0.05, 0.1) is 11.3 Å². The molecule has 0 aliphatic carbocycles. The lowest BCUT2D eigenvalue weighted by atomic mass is 10.2. The first-order valence-corrected chi connectivity index (χ1v) is 5.08. The van der Waals surface area contributed by atoms with Crippen molar-refractivity contribution in [2.24, 2.45) is 0 Å². The van der Waals surface area contributed by atoms with Crippen LogP contribution in [0.2, 0.25) is 0 Å². The molecule has 1 aromatic carbocycles. The average Bonchev–Trinajstić information content (AvgIpc) is 2.19. The summed E-state index contributed by atoms with van der Waals surface area (Å²) in [6.07, 6.45) is 0. The molecular weight excluding hydrogens is 196 g/mol. The van der Waals surface area contributed by atoms with E-state index in [0.29, 0.717) is 5.56 Å². The van der Waals surface area contributed by atoms with Gasteiger partial charge in [-0.1, -0.05) is 5.92 Å². The van der Waals surface area contributed by atoms with E-state index in [2.05, 4.69) is 11.8 Å². The summed E-state index contributed by atoms with van der Waals surface area (Å²) >= 11 is 1.60. The summed E-state index contributed by atoms with van der Waals surface area (Å²) in [4.78, 5) is 11.6. The van der Waals surface area contributed by atoms with Crippen LogP contribution in [0.1, 0.15) is 17.3 Å². The van der Waals surface area contributed by atoms with E-state index in [4.69, 9.17) is 5.11 Å². The van der Waals surface area contributed by atoms with Crippen molar-refractivity contribution in [1.82, 2.24) is 0 Å². The van der Waals surface area contributed by atoms with E-state index >= 15 is 0 Å². The van der Waals surface area contributed by atoms with Gasteiger partial charge in [-0.05, 0) is 31.2 Å². The molecule has 0 heterocycles. The predicted molar refractivity (Wildman–Crippen MR) is 57.6 cm³/mol. The summed E-state index contributed by atoms with van der Waals surface area (Å²) < 4.78 is 0. The Morgan fingerprint density at radius 3 is 2.57 bits per heavy atom. The number of rotatable bonds is 3. The first-order chi connectivity index (χ1) is 6.74. The molecule has 0 aliphatic heterocycles. The van der Waals surface area contributed by atoms with Crippen LogP contribution in [0, 0.1) is 11.8 Å². The Labute approximate surface area is 87.3 Å². The van der Waals surface area contributed by atoms with Crippen LogP contribution in [-0.4, -0.2) is 16.8 Å². The summed E-state index contributed by atoms with van der Waals surface area (Å²) in [7, 11) is 0. The molecule has 2 nitrogen and oxygen atoms in total. The van der Waals surface area contributed by atoms with Gasteiger partial charge in [0.15, 0.2) is 0 Å². The highest BCUT2D eigenvalue weighted by molar-refractivity contribution is 7.99. The van der Waals surface area contributed by atoms with Gasteiger partial charge in [0.25, 0.3) is 0 Å². The molecule has 0 fully saturated rings. The van der Waals surface area contributed by atoms with Gasteiger partial charge in [-0.25, -0.2) is 4.79 Å². The van der Waals surface area contributed by atoms with E-state index < -0.39 is 5.97 Å². The highest BCUT2D eigenvalue weighted by Crippen LogP contribution is 2.17. The molecule has 1 aromatic rings. The van der Waals surface area contributed by atoms with Crippen LogP contribution in [0.15, 0.2) is 29.2 Å². The molecule has 0 radical (unpaired) electrons. The van der Waals surface area contributed by atoms with Gasteiger partial charge >= 0.3 is 5.97 Å². The van der Waals surface area contributed by atoms with Crippen LogP contribution in [-0.2, 0) is 0 Å². The van der Waals surface area contributed by atoms with Crippen molar-refractivity contribution in [2.75, 3.05) is 5.75 Å². The van der Waals surface area contributed by atoms with Crippen LogP contribution in [0.3, 0.4) is 0 Å². The Hall–Kier alpha value is -1.40. The Morgan fingerprint density at radius 2 is 2.07 bits per heavy atom. The van der Waals surface area contributed by atoms with Crippen LogP contribution in [0.4, 0.5) is 0 Å². The van der Waals surface area contributed by atoms with Gasteiger partial charge in [-0.2, -0.15) is 0 Å². The normalized spacial score (nSPS) is 8.93. The minimum atomic E-state index is -0.894. The lowest BCUT2D eigenvalue weighted by Gasteiger charge is -1.97. The van der Waals surface area contributed by atoms with Crippen LogP contribution >= 0.6 is 11.8 Å². The Balaban J connectivity index is 2.62. The Bertz CT molecular complexity index is 371. The minimum absolute atomic E-state index is 0.316. The van der Waals surface area contributed by atoms with E-state index in [1.807, 2.05) is 0 Å². The molecule has 3 heteroatoms. The Morgan fingerprint density at radius 1 is 1.43 bits per heavy atom. The van der Waals surface area contributed by atoms with Crippen molar-refractivity contribution >= 4 is 17.7 Å². The molecule has 0 saturated heterocycles. The minimum Gasteiger partial charge on any atom is -0.478 e. The molecule has 0 aliphatic rings. The maximum atomic E-state index is 10.5. The fourth-order valence-electron chi connectivity index (χ4n) is 0.885. The number of hydrogen-bond acceptors (Lipinski definition) is 2. The van der Waals surface area contributed by atoms with Crippen LogP contribution in [0.25, 0.3) is 0 Å². The molecule has 0 atom stereocenters.